The number of hydrogen-bond donors (Lipinski definition) is 6. The van der Waals surface area contributed by atoms with Crippen molar-refractivity contribution >= 4 is 0 Å². The van der Waals surface area contributed by atoms with Crippen LogP contribution in [0.25, 0.3) is 0 Å². The highest BCUT2D eigenvalue weighted by molar-refractivity contribution is 4.81. The predicted octanol–water partition coefficient (Wildman–Crippen LogP) is -2.03. The Labute approximate surface area is 89.2 Å². The summed E-state index contributed by atoms with van der Waals surface area (Å²) < 4.78 is 0. The molecular formula is C9H21NO5. The van der Waals surface area contributed by atoms with Gasteiger partial charge in [0.1, 0.15) is 12.3 Å². The molecule has 0 aromatic carbocycles. The van der Waals surface area contributed by atoms with Crippen LogP contribution in [0.4, 0.5) is 0 Å². The molecule has 0 aromatic heterocycles. The second-order valence-corrected chi connectivity index (χ2v) is 4.26. The van der Waals surface area contributed by atoms with Crippen molar-refractivity contribution in [3.8, 4) is 0 Å². The van der Waals surface area contributed by atoms with Gasteiger partial charge in [-0.25, -0.2) is 0 Å². The average Bonchev–Trinajstić information content (AvgIpc) is 2.15. The van der Waals surface area contributed by atoms with E-state index in [2.05, 4.69) is 5.32 Å². The first-order valence-electron chi connectivity index (χ1n) is 4.88. The van der Waals surface area contributed by atoms with Gasteiger partial charge >= 0.3 is 0 Å². The molecule has 0 aliphatic carbocycles. The highest BCUT2D eigenvalue weighted by Gasteiger charge is 2.32. The molecule has 15 heavy (non-hydrogen) atoms. The molecule has 0 saturated heterocycles. The first-order chi connectivity index (χ1) is 6.81. The molecule has 0 spiro atoms. The molecule has 6 N–H and O–H groups in total. The predicted molar refractivity (Wildman–Crippen MR) is 53.7 cm³/mol. The Morgan fingerprint density at radius 2 is 1.67 bits per heavy atom. The first kappa shape index (κ1) is 14.8. The normalized spacial score (nSPS) is 16.8. The summed E-state index contributed by atoms with van der Waals surface area (Å²) in [5, 5.41) is 47.6. The minimum absolute atomic E-state index is 0.0589. The number of rotatable bonds is 7. The van der Waals surface area contributed by atoms with Gasteiger partial charge in [-0.3, -0.25) is 5.32 Å². The Bertz CT molecular complexity index is 174. The Kier molecular flexibility index (Phi) is 6.26. The van der Waals surface area contributed by atoms with E-state index in [-0.39, 0.29) is 19.6 Å². The average molecular weight is 223 g/mol. The minimum Gasteiger partial charge on any atom is -0.396 e. The number of hydrogen-bond acceptors (Lipinski definition) is 6. The zero-order chi connectivity index (χ0) is 12.1. The molecule has 0 heterocycles. The van der Waals surface area contributed by atoms with Crippen LogP contribution in [0, 0.1) is 5.41 Å². The summed E-state index contributed by atoms with van der Waals surface area (Å²) in [5.74, 6) is 0. The van der Waals surface area contributed by atoms with Gasteiger partial charge in [0.05, 0.1) is 6.61 Å². The number of aliphatic hydroxyl groups excluding tert-OH is 4. The van der Waals surface area contributed by atoms with Gasteiger partial charge in [-0.15, -0.1) is 0 Å². The van der Waals surface area contributed by atoms with E-state index < -0.39 is 24.0 Å². The van der Waals surface area contributed by atoms with E-state index in [1.165, 1.54) is 0 Å². The molecule has 6 nitrogen and oxygen atoms in total. The van der Waals surface area contributed by atoms with Crippen molar-refractivity contribution in [2.45, 2.75) is 38.9 Å². The summed E-state index contributed by atoms with van der Waals surface area (Å²) in [6, 6.07) is 0. The molecule has 0 aliphatic heterocycles. The summed E-state index contributed by atoms with van der Waals surface area (Å²) in [5.41, 5.74) is -0.815. The molecule has 6 heteroatoms. The van der Waals surface area contributed by atoms with Crippen LogP contribution >= 0.6 is 0 Å². The van der Waals surface area contributed by atoms with E-state index in [1.54, 1.807) is 13.8 Å². The molecule has 0 fully saturated rings. The number of aliphatic hydroxyl groups is 5. The van der Waals surface area contributed by atoms with Gasteiger partial charge in [-0.2, -0.15) is 0 Å². The lowest BCUT2D eigenvalue weighted by molar-refractivity contribution is -0.0879. The van der Waals surface area contributed by atoms with Gasteiger partial charge in [0.2, 0.25) is 0 Å². The third-order valence-corrected chi connectivity index (χ3v) is 2.26. The second-order valence-electron chi connectivity index (χ2n) is 4.26. The summed E-state index contributed by atoms with van der Waals surface area (Å²) in [4.78, 5) is 0. The first-order valence-corrected chi connectivity index (χ1v) is 4.88. The fourth-order valence-electron chi connectivity index (χ4n) is 0.993. The smallest absolute Gasteiger partial charge is 0.152 e. The third-order valence-electron chi connectivity index (χ3n) is 2.26. The van der Waals surface area contributed by atoms with Crippen molar-refractivity contribution < 1.29 is 25.5 Å². The van der Waals surface area contributed by atoms with Crippen LogP contribution < -0.4 is 5.32 Å². The minimum atomic E-state index is -1.44. The van der Waals surface area contributed by atoms with E-state index in [9.17, 15) is 10.2 Å². The second kappa shape index (κ2) is 6.37. The fraction of sp³-hybridized carbons (Fsp3) is 1.00. The highest BCUT2D eigenvalue weighted by Crippen LogP contribution is 2.21. The Balaban J connectivity index is 3.94. The molecule has 0 saturated carbocycles. The van der Waals surface area contributed by atoms with Crippen molar-refractivity contribution in [3.05, 3.63) is 0 Å². The molecule has 0 rings (SSSR count). The fourth-order valence-corrected chi connectivity index (χ4v) is 0.993. The molecule has 0 bridgehead atoms. The van der Waals surface area contributed by atoms with Crippen LogP contribution in [0.5, 0.6) is 0 Å². The van der Waals surface area contributed by atoms with Crippen LogP contribution in [0.15, 0.2) is 0 Å². The van der Waals surface area contributed by atoms with E-state index in [1.807, 2.05) is 0 Å². The molecule has 0 amide bonds. The van der Waals surface area contributed by atoms with Gasteiger partial charge in [0.25, 0.3) is 0 Å². The van der Waals surface area contributed by atoms with Crippen molar-refractivity contribution in [2.75, 3.05) is 13.2 Å². The van der Waals surface area contributed by atoms with Gasteiger partial charge in [-0.1, -0.05) is 13.8 Å². The Morgan fingerprint density at radius 3 is 2.07 bits per heavy atom. The lowest BCUT2D eigenvalue weighted by Gasteiger charge is -2.32. The SMILES string of the molecule is CC(C)(CO)C(O)C(O)NCCC(O)O. The molecular weight excluding hydrogens is 202 g/mol. The van der Waals surface area contributed by atoms with Crippen LogP contribution in [0.2, 0.25) is 0 Å². The van der Waals surface area contributed by atoms with Crippen molar-refractivity contribution in [1.82, 2.24) is 5.32 Å². The van der Waals surface area contributed by atoms with Crippen molar-refractivity contribution in [3.63, 3.8) is 0 Å². The van der Waals surface area contributed by atoms with Crippen LogP contribution in [-0.2, 0) is 0 Å². The van der Waals surface area contributed by atoms with E-state index in [4.69, 9.17) is 15.3 Å². The van der Waals surface area contributed by atoms with E-state index in [0.29, 0.717) is 0 Å². The highest BCUT2D eigenvalue weighted by atomic mass is 16.5. The summed E-state index contributed by atoms with van der Waals surface area (Å²) in [6.45, 7) is 3.14. The van der Waals surface area contributed by atoms with Crippen molar-refractivity contribution in [2.24, 2.45) is 5.41 Å². The lowest BCUT2D eigenvalue weighted by atomic mass is 9.86. The summed E-state index contributed by atoms with van der Waals surface area (Å²) >= 11 is 0. The van der Waals surface area contributed by atoms with Crippen LogP contribution in [0.3, 0.4) is 0 Å². The summed E-state index contributed by atoms with van der Waals surface area (Å²) in [6.07, 6.45) is -3.71. The molecule has 0 aliphatic rings. The van der Waals surface area contributed by atoms with Crippen molar-refractivity contribution in [1.29, 1.82) is 0 Å². The maximum Gasteiger partial charge on any atom is 0.152 e. The van der Waals surface area contributed by atoms with Crippen LogP contribution in [0.1, 0.15) is 20.3 Å². The molecule has 0 radical (unpaired) electrons. The summed E-state index contributed by atoms with van der Waals surface area (Å²) in [7, 11) is 0. The van der Waals surface area contributed by atoms with Gasteiger partial charge in [0.15, 0.2) is 6.29 Å². The standard InChI is InChI=1S/C9H21NO5/c1-9(2,5-11)7(14)8(15)10-4-3-6(12)13/h6-8,10-15H,3-5H2,1-2H3. The zero-order valence-electron chi connectivity index (χ0n) is 9.09. The third kappa shape index (κ3) is 5.41. The molecule has 0 aromatic rings. The maximum absolute atomic E-state index is 9.61. The number of nitrogens with one attached hydrogen (secondary N) is 1. The van der Waals surface area contributed by atoms with E-state index >= 15 is 0 Å². The molecule has 2 unspecified atom stereocenters. The zero-order valence-corrected chi connectivity index (χ0v) is 9.09. The monoisotopic (exact) mass is 223 g/mol. The van der Waals surface area contributed by atoms with Crippen LogP contribution in [-0.4, -0.2) is 57.3 Å². The van der Waals surface area contributed by atoms with Gasteiger partial charge in [-0.05, 0) is 0 Å². The Hall–Kier alpha value is -0.240. The lowest BCUT2D eigenvalue weighted by Crippen LogP contribution is -2.49. The molecule has 2 atom stereocenters. The van der Waals surface area contributed by atoms with Gasteiger partial charge in [0, 0.05) is 18.4 Å². The topological polar surface area (TPSA) is 113 Å². The largest absolute Gasteiger partial charge is 0.396 e. The van der Waals surface area contributed by atoms with E-state index in [0.717, 1.165) is 0 Å². The Morgan fingerprint density at radius 1 is 1.13 bits per heavy atom. The van der Waals surface area contributed by atoms with Gasteiger partial charge < -0.3 is 25.5 Å². The quantitative estimate of drug-likeness (QED) is 0.278. The molecule has 92 valence electrons. The maximum atomic E-state index is 9.61.